The van der Waals surface area contributed by atoms with Crippen LogP contribution >= 0.6 is 23.1 Å². The van der Waals surface area contributed by atoms with Crippen LogP contribution in [0.3, 0.4) is 0 Å². The molecule has 33 heavy (non-hydrogen) atoms. The summed E-state index contributed by atoms with van der Waals surface area (Å²) in [5.74, 6) is 0.125. The Labute approximate surface area is 200 Å². The highest BCUT2D eigenvalue weighted by molar-refractivity contribution is 8.01. The summed E-state index contributed by atoms with van der Waals surface area (Å²) in [4.78, 5) is 29.0. The molecule has 0 aliphatic carbocycles. The summed E-state index contributed by atoms with van der Waals surface area (Å²) in [6.45, 7) is 0.616. The molecule has 1 aromatic heterocycles. The van der Waals surface area contributed by atoms with Crippen molar-refractivity contribution in [3.8, 4) is 0 Å². The van der Waals surface area contributed by atoms with E-state index >= 15 is 0 Å². The largest absolute Gasteiger partial charge is 0.355 e. The monoisotopic (exact) mass is 473 g/mol. The number of benzene rings is 3. The first-order valence-corrected chi connectivity index (χ1v) is 12.3. The van der Waals surface area contributed by atoms with Gasteiger partial charge in [0.05, 0.1) is 16.0 Å². The zero-order valence-electron chi connectivity index (χ0n) is 17.9. The van der Waals surface area contributed by atoms with Crippen LogP contribution in [0.25, 0.3) is 16.3 Å². The van der Waals surface area contributed by atoms with E-state index in [9.17, 15) is 9.59 Å². The van der Waals surface area contributed by atoms with Crippen molar-refractivity contribution in [2.24, 2.45) is 0 Å². The first-order valence-electron chi connectivity index (χ1n) is 10.5. The Balaban J connectivity index is 1.27. The summed E-state index contributed by atoms with van der Waals surface area (Å²) >= 11 is 2.94. The maximum atomic E-state index is 12.2. The van der Waals surface area contributed by atoms with Crippen LogP contribution in [0.4, 0.5) is 5.69 Å². The lowest BCUT2D eigenvalue weighted by Crippen LogP contribution is -2.27. The molecule has 0 aliphatic rings. The molecule has 5 nitrogen and oxygen atoms in total. The quantitative estimate of drug-likeness (QED) is 0.252. The van der Waals surface area contributed by atoms with Gasteiger partial charge in [-0.05, 0) is 41.8 Å². The van der Waals surface area contributed by atoms with Gasteiger partial charge in [0, 0.05) is 18.3 Å². The van der Waals surface area contributed by atoms with Crippen molar-refractivity contribution in [1.82, 2.24) is 10.3 Å². The fourth-order valence-corrected chi connectivity index (χ4v) is 5.07. The number of nitrogens with zero attached hydrogens (tertiary/aromatic N) is 1. The Hall–Kier alpha value is -3.42. The summed E-state index contributed by atoms with van der Waals surface area (Å²) < 4.78 is 1.79. The van der Waals surface area contributed by atoms with E-state index in [4.69, 9.17) is 0 Å². The van der Waals surface area contributed by atoms with Crippen molar-refractivity contribution in [3.05, 3.63) is 96.1 Å². The molecule has 0 aliphatic heterocycles. The number of hydrogen-bond donors (Lipinski definition) is 2. The lowest BCUT2D eigenvalue weighted by molar-refractivity contribution is -0.118. The Bertz CT molecular complexity index is 1250. The van der Waals surface area contributed by atoms with Gasteiger partial charge in [0.1, 0.15) is 0 Å². The van der Waals surface area contributed by atoms with Crippen molar-refractivity contribution in [2.75, 3.05) is 17.6 Å². The number of nitrogens with one attached hydrogen (secondary N) is 2. The molecule has 1 heterocycles. The summed E-state index contributed by atoms with van der Waals surface area (Å²) in [5, 5.41) is 5.84. The van der Waals surface area contributed by atoms with Crippen LogP contribution in [0, 0.1) is 0 Å². The highest BCUT2D eigenvalue weighted by Crippen LogP contribution is 2.31. The number of thiazole rings is 1. The maximum Gasteiger partial charge on any atom is 0.248 e. The number of amides is 2. The SMILES string of the molecule is O=C(C=Cc1ccccc1)Nc1ccc2nc(SCC(=O)NCCc3ccccc3)sc2c1. The lowest BCUT2D eigenvalue weighted by Gasteiger charge is -2.04. The van der Waals surface area contributed by atoms with Gasteiger partial charge in [0.15, 0.2) is 4.34 Å². The normalized spacial score (nSPS) is 11.0. The highest BCUT2D eigenvalue weighted by atomic mass is 32.2. The second-order valence-corrected chi connectivity index (χ2v) is 9.52. The van der Waals surface area contributed by atoms with E-state index < -0.39 is 0 Å². The number of aromatic nitrogens is 1. The van der Waals surface area contributed by atoms with Crippen LogP contribution in [0.2, 0.25) is 0 Å². The van der Waals surface area contributed by atoms with E-state index in [1.807, 2.05) is 66.7 Å². The maximum absolute atomic E-state index is 12.2. The van der Waals surface area contributed by atoms with Crippen LogP contribution in [-0.2, 0) is 16.0 Å². The molecule has 4 rings (SSSR count). The van der Waals surface area contributed by atoms with E-state index in [0.717, 1.165) is 26.5 Å². The molecule has 166 valence electrons. The van der Waals surface area contributed by atoms with Gasteiger partial charge < -0.3 is 10.6 Å². The summed E-state index contributed by atoms with van der Waals surface area (Å²) in [6, 6.07) is 25.4. The number of rotatable bonds is 9. The van der Waals surface area contributed by atoms with Crippen LogP contribution in [-0.4, -0.2) is 29.1 Å². The van der Waals surface area contributed by atoms with Gasteiger partial charge >= 0.3 is 0 Å². The molecule has 2 amide bonds. The first-order chi connectivity index (χ1) is 16.2. The van der Waals surface area contributed by atoms with Crippen molar-refractivity contribution < 1.29 is 9.59 Å². The van der Waals surface area contributed by atoms with Crippen LogP contribution < -0.4 is 10.6 Å². The Kier molecular flexibility index (Phi) is 7.90. The van der Waals surface area contributed by atoms with Gasteiger partial charge in [0.25, 0.3) is 0 Å². The zero-order chi connectivity index (χ0) is 22.9. The molecule has 0 spiro atoms. The number of anilines is 1. The zero-order valence-corrected chi connectivity index (χ0v) is 19.5. The van der Waals surface area contributed by atoms with Gasteiger partial charge in [-0.25, -0.2) is 4.98 Å². The third kappa shape index (κ3) is 7.03. The number of carbonyl (C=O) groups excluding carboxylic acids is 2. The second kappa shape index (κ2) is 11.4. The molecule has 0 radical (unpaired) electrons. The molecule has 3 aromatic carbocycles. The van der Waals surface area contributed by atoms with E-state index in [1.54, 1.807) is 6.08 Å². The molecule has 0 saturated heterocycles. The molecular weight excluding hydrogens is 450 g/mol. The Morgan fingerprint density at radius 2 is 1.73 bits per heavy atom. The van der Waals surface area contributed by atoms with E-state index in [1.165, 1.54) is 34.7 Å². The smallest absolute Gasteiger partial charge is 0.248 e. The van der Waals surface area contributed by atoms with Crippen LogP contribution in [0.5, 0.6) is 0 Å². The second-order valence-electron chi connectivity index (χ2n) is 7.27. The van der Waals surface area contributed by atoms with Gasteiger partial charge in [-0.3, -0.25) is 9.59 Å². The molecule has 0 fully saturated rings. The predicted molar refractivity (Wildman–Crippen MR) is 138 cm³/mol. The van der Waals surface area contributed by atoms with E-state index in [2.05, 4.69) is 27.8 Å². The molecule has 0 saturated carbocycles. The minimum absolute atomic E-state index is 0.00616. The van der Waals surface area contributed by atoms with Gasteiger partial charge in [-0.1, -0.05) is 72.4 Å². The fraction of sp³-hybridized carbons (Fsp3) is 0.115. The van der Waals surface area contributed by atoms with Crippen molar-refractivity contribution in [2.45, 2.75) is 10.8 Å². The van der Waals surface area contributed by atoms with Gasteiger partial charge in [-0.15, -0.1) is 11.3 Å². The lowest BCUT2D eigenvalue weighted by atomic mass is 10.1. The summed E-state index contributed by atoms with van der Waals surface area (Å²) in [6.07, 6.45) is 4.11. The third-order valence-electron chi connectivity index (χ3n) is 4.77. The number of carbonyl (C=O) groups is 2. The average Bonchev–Trinajstić information content (AvgIpc) is 3.25. The molecule has 2 N–H and O–H groups in total. The summed E-state index contributed by atoms with van der Waals surface area (Å²) in [7, 11) is 0. The minimum Gasteiger partial charge on any atom is -0.355 e. The fourth-order valence-electron chi connectivity index (χ4n) is 3.13. The van der Waals surface area contributed by atoms with E-state index in [-0.39, 0.29) is 11.8 Å². The van der Waals surface area contributed by atoms with Crippen molar-refractivity contribution in [3.63, 3.8) is 0 Å². The highest BCUT2D eigenvalue weighted by Gasteiger charge is 2.09. The van der Waals surface area contributed by atoms with Crippen molar-refractivity contribution in [1.29, 1.82) is 0 Å². The number of fused-ring (bicyclic) bond motifs is 1. The van der Waals surface area contributed by atoms with Gasteiger partial charge in [0.2, 0.25) is 11.8 Å². The topological polar surface area (TPSA) is 71.1 Å². The molecule has 7 heteroatoms. The Morgan fingerprint density at radius 1 is 0.970 bits per heavy atom. The molecule has 0 bridgehead atoms. The predicted octanol–water partition coefficient (Wildman–Crippen LogP) is 5.40. The van der Waals surface area contributed by atoms with Gasteiger partial charge in [-0.2, -0.15) is 0 Å². The number of hydrogen-bond acceptors (Lipinski definition) is 5. The summed E-state index contributed by atoms with van der Waals surface area (Å²) in [5.41, 5.74) is 3.74. The molecule has 0 atom stereocenters. The minimum atomic E-state index is -0.190. The average molecular weight is 474 g/mol. The first kappa shape index (κ1) is 22.8. The van der Waals surface area contributed by atoms with Crippen molar-refractivity contribution >= 4 is 56.9 Å². The standard InChI is InChI=1S/C26H23N3O2S2/c30-24(14-11-19-7-3-1-4-8-19)28-21-12-13-22-23(17-21)33-26(29-22)32-18-25(31)27-16-15-20-9-5-2-6-10-20/h1-14,17H,15-16,18H2,(H,27,31)(H,28,30). The third-order valence-corrected chi connectivity index (χ3v) is 6.93. The van der Waals surface area contributed by atoms with Crippen LogP contribution in [0.1, 0.15) is 11.1 Å². The molecule has 0 unspecified atom stereocenters. The molecule has 4 aromatic rings. The van der Waals surface area contributed by atoms with Crippen LogP contribution in [0.15, 0.2) is 89.3 Å². The Morgan fingerprint density at radius 3 is 2.52 bits per heavy atom. The molecular formula is C26H23N3O2S2. The van der Waals surface area contributed by atoms with E-state index in [0.29, 0.717) is 18.0 Å². The number of thioether (sulfide) groups is 1.